The Kier molecular flexibility index (Phi) is 6.68. The van der Waals surface area contributed by atoms with Crippen LogP contribution in [0.15, 0.2) is 22.7 Å². The molecule has 1 rings (SSSR count). The highest BCUT2D eigenvalue weighted by molar-refractivity contribution is 9.10. The molecule has 18 heavy (non-hydrogen) atoms. The molecule has 0 bridgehead atoms. The van der Waals surface area contributed by atoms with Crippen molar-refractivity contribution in [2.45, 2.75) is 32.8 Å². The van der Waals surface area contributed by atoms with E-state index in [2.05, 4.69) is 27.8 Å². The second-order valence-electron chi connectivity index (χ2n) is 4.45. The van der Waals surface area contributed by atoms with E-state index in [1.807, 2.05) is 18.2 Å². The van der Waals surface area contributed by atoms with E-state index < -0.39 is 6.10 Å². The molecule has 0 radical (unpaired) electrons. The molecule has 0 heterocycles. The van der Waals surface area contributed by atoms with Gasteiger partial charge in [-0.2, -0.15) is 0 Å². The fourth-order valence-electron chi connectivity index (χ4n) is 1.86. The summed E-state index contributed by atoms with van der Waals surface area (Å²) in [6, 6.07) is 5.87. The van der Waals surface area contributed by atoms with Gasteiger partial charge in [-0.25, -0.2) is 0 Å². The van der Waals surface area contributed by atoms with E-state index in [0.717, 1.165) is 35.1 Å². The lowest BCUT2D eigenvalue weighted by molar-refractivity contribution is 0.199. The van der Waals surface area contributed by atoms with Crippen LogP contribution in [0.2, 0.25) is 0 Å². The van der Waals surface area contributed by atoms with Crippen molar-refractivity contribution in [3.63, 3.8) is 0 Å². The molecule has 0 aliphatic heterocycles. The van der Waals surface area contributed by atoms with E-state index in [9.17, 15) is 5.11 Å². The first-order valence-corrected chi connectivity index (χ1v) is 7.22. The minimum Gasteiger partial charge on any atom is -0.395 e. The molecule has 4 heteroatoms. The van der Waals surface area contributed by atoms with Crippen molar-refractivity contribution in [2.24, 2.45) is 0 Å². The fraction of sp³-hybridized carbons (Fsp3) is 0.571. The molecule has 0 saturated carbocycles. The summed E-state index contributed by atoms with van der Waals surface area (Å²) in [5.41, 5.74) is 1.96. The smallest absolute Gasteiger partial charge is 0.0762 e. The number of hydrogen-bond donors (Lipinski definition) is 2. The minimum atomic E-state index is -0.461. The summed E-state index contributed by atoms with van der Waals surface area (Å²) in [7, 11) is 0. The van der Waals surface area contributed by atoms with Crippen LogP contribution in [0.1, 0.15) is 38.4 Å². The predicted octanol–water partition coefficient (Wildman–Crippen LogP) is 3.10. The third-order valence-corrected chi connectivity index (χ3v) is 3.58. The van der Waals surface area contributed by atoms with Crippen molar-refractivity contribution in [3.05, 3.63) is 28.2 Å². The molecule has 3 nitrogen and oxygen atoms in total. The van der Waals surface area contributed by atoms with E-state index in [4.69, 9.17) is 5.11 Å². The Morgan fingerprint density at radius 3 is 2.56 bits per heavy atom. The third kappa shape index (κ3) is 4.26. The minimum absolute atomic E-state index is 0.147. The maximum atomic E-state index is 9.55. The Balaban J connectivity index is 2.90. The molecule has 0 fully saturated rings. The zero-order chi connectivity index (χ0) is 13.5. The van der Waals surface area contributed by atoms with Gasteiger partial charge in [-0.3, -0.25) is 0 Å². The number of halogens is 1. The largest absolute Gasteiger partial charge is 0.395 e. The summed E-state index contributed by atoms with van der Waals surface area (Å²) >= 11 is 3.54. The number of aliphatic hydroxyl groups is 2. The van der Waals surface area contributed by atoms with Gasteiger partial charge in [0.2, 0.25) is 0 Å². The van der Waals surface area contributed by atoms with Gasteiger partial charge in [0.25, 0.3) is 0 Å². The molecule has 1 aromatic rings. The van der Waals surface area contributed by atoms with Gasteiger partial charge in [-0.15, -0.1) is 0 Å². The van der Waals surface area contributed by atoms with Crippen LogP contribution < -0.4 is 4.90 Å². The number of nitrogens with zero attached hydrogens (tertiary/aromatic N) is 1. The number of benzene rings is 1. The first kappa shape index (κ1) is 15.5. The van der Waals surface area contributed by atoms with Gasteiger partial charge in [0.15, 0.2) is 0 Å². The molecule has 0 aliphatic carbocycles. The Bertz CT molecular complexity index is 369. The molecule has 0 spiro atoms. The van der Waals surface area contributed by atoms with Gasteiger partial charge in [0, 0.05) is 17.6 Å². The second kappa shape index (κ2) is 7.77. The number of unbranched alkanes of at least 4 members (excludes halogenated alkanes) is 1. The van der Waals surface area contributed by atoms with E-state index in [1.165, 1.54) is 0 Å². The molecular formula is C14H22BrNO2. The van der Waals surface area contributed by atoms with Gasteiger partial charge in [-0.1, -0.05) is 19.4 Å². The summed E-state index contributed by atoms with van der Waals surface area (Å²) in [5, 5.41) is 18.7. The van der Waals surface area contributed by atoms with Crippen LogP contribution in [-0.4, -0.2) is 29.9 Å². The van der Waals surface area contributed by atoms with Gasteiger partial charge in [-0.05, 0) is 47.0 Å². The molecule has 0 unspecified atom stereocenters. The zero-order valence-electron chi connectivity index (χ0n) is 11.1. The molecule has 0 aliphatic rings. The molecule has 0 amide bonds. The van der Waals surface area contributed by atoms with Crippen LogP contribution in [0.4, 0.5) is 5.69 Å². The Morgan fingerprint density at radius 1 is 1.33 bits per heavy atom. The zero-order valence-corrected chi connectivity index (χ0v) is 12.7. The SMILES string of the molecule is CCCCN(CCO)c1ccc([C@H](C)O)cc1Br. The number of rotatable bonds is 7. The number of anilines is 1. The van der Waals surface area contributed by atoms with E-state index in [-0.39, 0.29) is 6.61 Å². The maximum absolute atomic E-state index is 9.55. The lowest BCUT2D eigenvalue weighted by Gasteiger charge is -2.25. The highest BCUT2D eigenvalue weighted by atomic mass is 79.9. The summed E-state index contributed by atoms with van der Waals surface area (Å²) in [6.07, 6.45) is 1.77. The van der Waals surface area contributed by atoms with Gasteiger partial charge in [0.1, 0.15) is 0 Å². The van der Waals surface area contributed by atoms with Crippen molar-refractivity contribution < 1.29 is 10.2 Å². The summed E-state index contributed by atoms with van der Waals surface area (Å²) in [6.45, 7) is 5.62. The fourth-order valence-corrected chi connectivity index (χ4v) is 2.51. The molecule has 1 atom stereocenters. The lowest BCUT2D eigenvalue weighted by Crippen LogP contribution is -2.28. The maximum Gasteiger partial charge on any atom is 0.0762 e. The first-order valence-electron chi connectivity index (χ1n) is 6.43. The molecular weight excluding hydrogens is 294 g/mol. The molecule has 102 valence electrons. The van der Waals surface area contributed by atoms with Crippen molar-refractivity contribution in [3.8, 4) is 0 Å². The average Bonchev–Trinajstić information content (AvgIpc) is 2.34. The summed E-state index contributed by atoms with van der Waals surface area (Å²) in [5.74, 6) is 0. The van der Waals surface area contributed by atoms with Gasteiger partial charge >= 0.3 is 0 Å². The standard InChI is InChI=1S/C14H22BrNO2/c1-3-4-7-16(8-9-17)14-6-5-12(11(2)18)10-13(14)15/h5-6,10-11,17-18H,3-4,7-9H2,1-2H3/t11-/m0/s1. The van der Waals surface area contributed by atoms with Gasteiger partial charge < -0.3 is 15.1 Å². The van der Waals surface area contributed by atoms with Crippen LogP contribution in [0.3, 0.4) is 0 Å². The van der Waals surface area contributed by atoms with Crippen molar-refractivity contribution in [2.75, 3.05) is 24.6 Å². The topological polar surface area (TPSA) is 43.7 Å². The van der Waals surface area contributed by atoms with Crippen LogP contribution in [-0.2, 0) is 0 Å². The lowest BCUT2D eigenvalue weighted by atomic mass is 10.1. The Hall–Kier alpha value is -0.580. The van der Waals surface area contributed by atoms with Crippen LogP contribution >= 0.6 is 15.9 Å². The van der Waals surface area contributed by atoms with Crippen LogP contribution in [0.5, 0.6) is 0 Å². The normalized spacial score (nSPS) is 12.5. The van der Waals surface area contributed by atoms with Crippen molar-refractivity contribution >= 4 is 21.6 Å². The monoisotopic (exact) mass is 315 g/mol. The Labute approximate surface area is 118 Å². The predicted molar refractivity (Wildman–Crippen MR) is 79.0 cm³/mol. The average molecular weight is 316 g/mol. The van der Waals surface area contributed by atoms with Crippen LogP contribution in [0, 0.1) is 0 Å². The molecule has 1 aromatic carbocycles. The molecule has 0 aromatic heterocycles. The molecule has 0 saturated heterocycles. The first-order chi connectivity index (χ1) is 8.60. The number of aliphatic hydroxyl groups excluding tert-OH is 2. The highest BCUT2D eigenvalue weighted by Crippen LogP contribution is 2.29. The quantitative estimate of drug-likeness (QED) is 0.812. The summed E-state index contributed by atoms with van der Waals surface area (Å²) < 4.78 is 0.963. The van der Waals surface area contributed by atoms with E-state index >= 15 is 0 Å². The van der Waals surface area contributed by atoms with Crippen LogP contribution in [0.25, 0.3) is 0 Å². The van der Waals surface area contributed by atoms with Gasteiger partial charge in [0.05, 0.1) is 18.4 Å². The molecule has 2 N–H and O–H groups in total. The van der Waals surface area contributed by atoms with E-state index in [0.29, 0.717) is 6.54 Å². The van der Waals surface area contributed by atoms with Crippen molar-refractivity contribution in [1.82, 2.24) is 0 Å². The Morgan fingerprint density at radius 2 is 2.06 bits per heavy atom. The van der Waals surface area contributed by atoms with Crippen molar-refractivity contribution in [1.29, 1.82) is 0 Å². The van der Waals surface area contributed by atoms with E-state index in [1.54, 1.807) is 6.92 Å². The third-order valence-electron chi connectivity index (χ3n) is 2.95. The number of hydrogen-bond acceptors (Lipinski definition) is 3. The highest BCUT2D eigenvalue weighted by Gasteiger charge is 2.11. The summed E-state index contributed by atoms with van der Waals surface area (Å²) in [4.78, 5) is 2.17. The second-order valence-corrected chi connectivity index (χ2v) is 5.31.